The molecule has 1 rings (SSSR count). The average molecular weight is 259 g/mol. The Bertz CT molecular complexity index is 456. The molecule has 2 N–H and O–H groups in total. The van der Waals surface area contributed by atoms with Crippen molar-refractivity contribution >= 4 is 21.8 Å². The van der Waals surface area contributed by atoms with Crippen LogP contribution in [0.15, 0.2) is 34.3 Å². The molecule has 0 heterocycles. The summed E-state index contributed by atoms with van der Waals surface area (Å²) in [5.74, 6) is 0. The van der Waals surface area contributed by atoms with E-state index in [9.17, 15) is 8.42 Å². The number of hydrogen-bond acceptors (Lipinski definition) is 5. The molecule has 1 unspecified atom stereocenters. The highest BCUT2D eigenvalue weighted by Gasteiger charge is 2.18. The molecule has 0 bridgehead atoms. The van der Waals surface area contributed by atoms with Crippen LogP contribution in [0.2, 0.25) is 0 Å². The van der Waals surface area contributed by atoms with Gasteiger partial charge in [0.15, 0.2) is 5.50 Å². The molecule has 0 radical (unpaired) electrons. The monoisotopic (exact) mass is 259 g/mol. The van der Waals surface area contributed by atoms with E-state index >= 15 is 0 Å². The first kappa shape index (κ1) is 13.1. The Labute approximate surface area is 99.2 Å². The standard InChI is InChI=1S/C9H13N3O2S2/c1-7-3-5-8(6-4-7)16(13,14)12-9(11-10)15-2/h3-6,9-10,12H,1-2H3. The largest absolute Gasteiger partial charge is 0.243 e. The van der Waals surface area contributed by atoms with Crippen LogP contribution in [0.25, 0.3) is 0 Å². The van der Waals surface area contributed by atoms with E-state index in [0.717, 1.165) is 17.3 Å². The molecule has 0 saturated heterocycles. The van der Waals surface area contributed by atoms with E-state index < -0.39 is 15.5 Å². The summed E-state index contributed by atoms with van der Waals surface area (Å²) in [5, 5.41) is 3.16. The lowest BCUT2D eigenvalue weighted by molar-refractivity contribution is 0.577. The molecular weight excluding hydrogens is 246 g/mol. The number of benzene rings is 1. The first-order valence-corrected chi connectivity index (χ1v) is 7.25. The predicted octanol–water partition coefficient (Wildman–Crippen LogP) is 1.95. The maximum Gasteiger partial charge on any atom is 0.243 e. The normalized spacial score (nSPS) is 13.4. The molecule has 0 aliphatic carbocycles. The van der Waals surface area contributed by atoms with Crippen molar-refractivity contribution in [2.45, 2.75) is 17.3 Å². The van der Waals surface area contributed by atoms with Crippen LogP contribution in [0.1, 0.15) is 5.56 Å². The Morgan fingerprint density at radius 1 is 1.38 bits per heavy atom. The Hall–Kier alpha value is -0.920. The number of sulfonamides is 1. The summed E-state index contributed by atoms with van der Waals surface area (Å²) in [5.41, 5.74) is 7.03. The topological polar surface area (TPSA) is 82.4 Å². The van der Waals surface area contributed by atoms with Gasteiger partial charge in [0.2, 0.25) is 10.0 Å². The van der Waals surface area contributed by atoms with E-state index in [1.54, 1.807) is 18.4 Å². The van der Waals surface area contributed by atoms with Crippen LogP contribution in [-0.4, -0.2) is 20.2 Å². The van der Waals surface area contributed by atoms with E-state index in [-0.39, 0.29) is 4.90 Å². The van der Waals surface area contributed by atoms with Gasteiger partial charge in [0.25, 0.3) is 0 Å². The molecule has 1 atom stereocenters. The van der Waals surface area contributed by atoms with Crippen LogP contribution < -0.4 is 4.72 Å². The molecule has 0 aromatic heterocycles. The number of nitrogens with zero attached hydrogens (tertiary/aromatic N) is 1. The summed E-state index contributed by atoms with van der Waals surface area (Å²) in [7, 11) is -3.59. The lowest BCUT2D eigenvalue weighted by atomic mass is 10.2. The molecule has 0 fully saturated rings. The highest BCUT2D eigenvalue weighted by molar-refractivity contribution is 8.00. The molecule has 0 aliphatic rings. The van der Waals surface area contributed by atoms with Gasteiger partial charge in [-0.2, -0.15) is 9.84 Å². The minimum absolute atomic E-state index is 0.181. The smallest absolute Gasteiger partial charge is 0.207 e. The van der Waals surface area contributed by atoms with Crippen molar-refractivity contribution < 1.29 is 8.42 Å². The number of nitrogens with one attached hydrogen (secondary N) is 2. The third-order valence-corrected chi connectivity index (χ3v) is 4.17. The van der Waals surface area contributed by atoms with Gasteiger partial charge in [0, 0.05) is 0 Å². The van der Waals surface area contributed by atoms with Gasteiger partial charge < -0.3 is 0 Å². The minimum atomic E-state index is -3.59. The zero-order valence-electron chi connectivity index (χ0n) is 8.97. The first-order valence-electron chi connectivity index (χ1n) is 4.48. The predicted molar refractivity (Wildman–Crippen MR) is 64.0 cm³/mol. The summed E-state index contributed by atoms with van der Waals surface area (Å²) in [6.45, 7) is 1.88. The van der Waals surface area contributed by atoms with E-state index in [4.69, 9.17) is 5.53 Å². The van der Waals surface area contributed by atoms with Crippen molar-refractivity contribution in [3.8, 4) is 0 Å². The van der Waals surface area contributed by atoms with Gasteiger partial charge in [0.05, 0.1) is 4.90 Å². The third kappa shape index (κ3) is 3.29. The Morgan fingerprint density at radius 3 is 2.38 bits per heavy atom. The highest BCUT2D eigenvalue weighted by atomic mass is 32.2. The summed E-state index contributed by atoms with van der Waals surface area (Å²) >= 11 is 1.15. The second-order valence-electron chi connectivity index (χ2n) is 3.15. The Kier molecular flexibility index (Phi) is 4.45. The quantitative estimate of drug-likeness (QED) is 0.626. The molecule has 16 heavy (non-hydrogen) atoms. The fourth-order valence-corrected chi connectivity index (χ4v) is 2.86. The SMILES string of the molecule is CSC(N=N)NS(=O)(=O)c1ccc(C)cc1. The molecule has 0 saturated carbocycles. The van der Waals surface area contributed by atoms with Gasteiger partial charge >= 0.3 is 0 Å². The Morgan fingerprint density at radius 2 is 1.94 bits per heavy atom. The van der Waals surface area contributed by atoms with E-state index in [0.29, 0.717) is 0 Å². The number of aryl methyl sites for hydroxylation is 1. The zero-order valence-corrected chi connectivity index (χ0v) is 10.6. The second-order valence-corrected chi connectivity index (χ2v) is 5.78. The molecule has 88 valence electrons. The summed E-state index contributed by atoms with van der Waals surface area (Å²) in [4.78, 5) is 0.181. The van der Waals surface area contributed by atoms with E-state index in [2.05, 4.69) is 9.84 Å². The van der Waals surface area contributed by atoms with E-state index in [1.165, 1.54) is 12.1 Å². The van der Waals surface area contributed by atoms with Crippen LogP contribution in [0.3, 0.4) is 0 Å². The summed E-state index contributed by atoms with van der Waals surface area (Å²) in [6.07, 6.45) is 1.68. The molecule has 0 aliphatic heterocycles. The van der Waals surface area contributed by atoms with Crippen LogP contribution in [0.4, 0.5) is 0 Å². The van der Waals surface area contributed by atoms with Crippen LogP contribution in [0.5, 0.6) is 0 Å². The van der Waals surface area contributed by atoms with Gasteiger partial charge in [-0.1, -0.05) is 17.7 Å². The lowest BCUT2D eigenvalue weighted by Crippen LogP contribution is -2.30. The van der Waals surface area contributed by atoms with Crippen LogP contribution in [-0.2, 0) is 10.0 Å². The number of rotatable bonds is 5. The van der Waals surface area contributed by atoms with Gasteiger partial charge in [-0.25, -0.2) is 13.9 Å². The van der Waals surface area contributed by atoms with Crippen LogP contribution >= 0.6 is 11.8 Å². The van der Waals surface area contributed by atoms with Gasteiger partial charge in [0.1, 0.15) is 0 Å². The van der Waals surface area contributed by atoms with Crippen molar-refractivity contribution in [3.05, 3.63) is 29.8 Å². The maximum atomic E-state index is 11.8. The van der Waals surface area contributed by atoms with E-state index in [1.807, 2.05) is 6.92 Å². The zero-order chi connectivity index (χ0) is 12.2. The summed E-state index contributed by atoms with van der Waals surface area (Å²) < 4.78 is 25.9. The molecule has 5 nitrogen and oxygen atoms in total. The molecular formula is C9H13N3O2S2. The highest BCUT2D eigenvalue weighted by Crippen LogP contribution is 2.13. The summed E-state index contributed by atoms with van der Waals surface area (Å²) in [6, 6.07) is 6.50. The Balaban J connectivity index is 2.94. The maximum absolute atomic E-state index is 11.8. The molecule has 7 heteroatoms. The molecule has 0 amide bonds. The second kappa shape index (κ2) is 5.42. The van der Waals surface area contributed by atoms with Crippen molar-refractivity contribution in [3.63, 3.8) is 0 Å². The molecule has 0 spiro atoms. The molecule has 1 aromatic carbocycles. The number of thioether (sulfide) groups is 1. The van der Waals surface area contributed by atoms with Crippen molar-refractivity contribution in [1.29, 1.82) is 5.53 Å². The van der Waals surface area contributed by atoms with Gasteiger partial charge in [-0.3, -0.25) is 0 Å². The number of hydrogen-bond donors (Lipinski definition) is 2. The fraction of sp³-hybridized carbons (Fsp3) is 0.333. The first-order chi connectivity index (χ1) is 7.49. The average Bonchev–Trinajstić information content (AvgIpc) is 2.26. The van der Waals surface area contributed by atoms with Crippen LogP contribution in [0, 0.1) is 12.5 Å². The third-order valence-electron chi connectivity index (χ3n) is 1.93. The molecule has 1 aromatic rings. The van der Waals surface area contributed by atoms with Crippen molar-refractivity contribution in [1.82, 2.24) is 4.72 Å². The van der Waals surface area contributed by atoms with Gasteiger partial charge in [-0.15, -0.1) is 11.8 Å². The van der Waals surface area contributed by atoms with Crippen molar-refractivity contribution in [2.75, 3.05) is 6.26 Å². The van der Waals surface area contributed by atoms with Crippen molar-refractivity contribution in [2.24, 2.45) is 5.11 Å². The fourth-order valence-electron chi connectivity index (χ4n) is 1.05. The lowest BCUT2D eigenvalue weighted by Gasteiger charge is -2.10. The van der Waals surface area contributed by atoms with Gasteiger partial charge in [-0.05, 0) is 25.3 Å². The minimum Gasteiger partial charge on any atom is -0.207 e.